The van der Waals surface area contributed by atoms with Crippen molar-refractivity contribution in [2.45, 2.75) is 51.1 Å². The minimum Gasteiger partial charge on any atom is -0.353 e. The fraction of sp³-hybridized carbons (Fsp3) is 0.474. The van der Waals surface area contributed by atoms with Crippen molar-refractivity contribution < 1.29 is 4.79 Å². The normalized spacial score (nSPS) is 15.4. The molecule has 0 radical (unpaired) electrons. The number of rotatable bonds is 4. The van der Waals surface area contributed by atoms with Crippen LogP contribution in [-0.2, 0) is 18.4 Å². The van der Waals surface area contributed by atoms with Gasteiger partial charge in [-0.05, 0) is 25.0 Å². The van der Waals surface area contributed by atoms with Gasteiger partial charge in [0.15, 0.2) is 0 Å². The second kappa shape index (κ2) is 7.02. The maximum atomic E-state index is 12.9. The Morgan fingerprint density at radius 3 is 2.70 bits per heavy atom. The third-order valence-corrected chi connectivity index (χ3v) is 5.30. The number of benzene rings is 1. The minimum atomic E-state index is -0.318. The third kappa shape index (κ3) is 3.15. The average Bonchev–Trinajstić information content (AvgIpc) is 2.97. The third-order valence-electron chi connectivity index (χ3n) is 5.30. The maximum Gasteiger partial charge on any atom is 0.351 e. The lowest BCUT2D eigenvalue weighted by molar-refractivity contribution is -0.122. The number of para-hydroxylation sites is 1. The molecule has 0 spiro atoms. The molecule has 0 atom stereocenters. The lowest BCUT2D eigenvalue weighted by atomic mass is 9.95. The van der Waals surface area contributed by atoms with E-state index in [1.54, 1.807) is 31.3 Å². The van der Waals surface area contributed by atoms with Gasteiger partial charge < -0.3 is 5.32 Å². The number of carbonyl (C=O) groups is 1. The molecular weight excluding hydrogens is 346 g/mol. The molecule has 2 heterocycles. The summed E-state index contributed by atoms with van der Waals surface area (Å²) in [5.74, 6) is 0.190. The number of carbonyl (C=O) groups excluding carboxylic acids is 1. The first-order chi connectivity index (χ1) is 13.1. The van der Waals surface area contributed by atoms with Gasteiger partial charge in [-0.25, -0.2) is 13.9 Å². The van der Waals surface area contributed by atoms with Gasteiger partial charge in [-0.15, -0.1) is 5.10 Å². The Morgan fingerprint density at radius 1 is 1.19 bits per heavy atom. The Labute approximate surface area is 155 Å². The monoisotopic (exact) mass is 369 g/mol. The van der Waals surface area contributed by atoms with Crippen LogP contribution < -0.4 is 16.6 Å². The van der Waals surface area contributed by atoms with Gasteiger partial charge in [-0.3, -0.25) is 14.2 Å². The van der Waals surface area contributed by atoms with E-state index in [0.29, 0.717) is 10.9 Å². The molecule has 8 nitrogen and oxygen atoms in total. The van der Waals surface area contributed by atoms with Crippen LogP contribution in [0.1, 0.15) is 38.5 Å². The Bertz CT molecular complexity index is 1120. The molecule has 1 fully saturated rings. The second-order valence-corrected chi connectivity index (χ2v) is 7.17. The molecule has 8 heteroatoms. The molecule has 142 valence electrons. The molecule has 0 saturated heterocycles. The number of nitrogens with one attached hydrogen (secondary N) is 1. The van der Waals surface area contributed by atoms with Crippen molar-refractivity contribution in [2.75, 3.05) is 0 Å². The lowest BCUT2D eigenvalue weighted by Crippen LogP contribution is -2.37. The van der Waals surface area contributed by atoms with Crippen LogP contribution in [0.15, 0.2) is 33.9 Å². The fourth-order valence-electron chi connectivity index (χ4n) is 3.88. The molecule has 4 rings (SSSR count). The van der Waals surface area contributed by atoms with Gasteiger partial charge in [0.25, 0.3) is 5.56 Å². The summed E-state index contributed by atoms with van der Waals surface area (Å²) in [6.45, 7) is 0.183. The van der Waals surface area contributed by atoms with E-state index in [1.807, 2.05) is 0 Å². The number of aromatic nitrogens is 4. The standard InChI is InChI=1S/C19H23N5O3/c1-22-19(27)24-15-10-6-5-9-14(15)17(26)23(18(24)21-22)12-11-16(25)20-13-7-3-2-4-8-13/h5-6,9-10,13H,2-4,7-8,11-12H2,1H3,(H,20,25). The molecule has 1 N–H and O–H groups in total. The molecule has 27 heavy (non-hydrogen) atoms. The van der Waals surface area contributed by atoms with E-state index in [0.717, 1.165) is 25.7 Å². The quantitative estimate of drug-likeness (QED) is 0.748. The van der Waals surface area contributed by atoms with Gasteiger partial charge in [-0.2, -0.15) is 0 Å². The highest BCUT2D eigenvalue weighted by Crippen LogP contribution is 2.17. The van der Waals surface area contributed by atoms with E-state index >= 15 is 0 Å². The molecule has 0 bridgehead atoms. The summed E-state index contributed by atoms with van der Waals surface area (Å²) in [6.07, 6.45) is 5.72. The van der Waals surface area contributed by atoms with Gasteiger partial charge in [0.2, 0.25) is 11.7 Å². The summed E-state index contributed by atoms with van der Waals surface area (Å²) in [4.78, 5) is 37.8. The zero-order chi connectivity index (χ0) is 19.0. The first-order valence-electron chi connectivity index (χ1n) is 9.43. The van der Waals surface area contributed by atoms with Crippen LogP contribution >= 0.6 is 0 Å². The highest BCUT2D eigenvalue weighted by Gasteiger charge is 2.18. The Kier molecular flexibility index (Phi) is 4.55. The first kappa shape index (κ1) is 17.5. The number of hydrogen-bond donors (Lipinski definition) is 1. The molecule has 0 unspecified atom stereocenters. The van der Waals surface area contributed by atoms with Crippen LogP contribution in [0.2, 0.25) is 0 Å². The van der Waals surface area contributed by atoms with Gasteiger partial charge in [0, 0.05) is 26.1 Å². The van der Waals surface area contributed by atoms with Crippen LogP contribution in [0.25, 0.3) is 16.7 Å². The van der Waals surface area contributed by atoms with Crippen molar-refractivity contribution in [3.05, 3.63) is 45.1 Å². The molecule has 1 aliphatic carbocycles. The number of hydrogen-bond acceptors (Lipinski definition) is 4. The number of aryl methyl sites for hydroxylation is 2. The summed E-state index contributed by atoms with van der Waals surface area (Å²) in [6, 6.07) is 7.19. The minimum absolute atomic E-state index is 0.0709. The van der Waals surface area contributed by atoms with Gasteiger partial charge in [0.05, 0.1) is 10.9 Å². The van der Waals surface area contributed by atoms with Crippen molar-refractivity contribution in [3.8, 4) is 0 Å². The summed E-state index contributed by atoms with van der Waals surface area (Å²) < 4.78 is 4.06. The van der Waals surface area contributed by atoms with Crippen molar-refractivity contribution in [3.63, 3.8) is 0 Å². The van der Waals surface area contributed by atoms with Gasteiger partial charge in [-0.1, -0.05) is 31.4 Å². The van der Waals surface area contributed by atoms with Crippen LogP contribution in [0, 0.1) is 0 Å². The van der Waals surface area contributed by atoms with E-state index in [4.69, 9.17) is 0 Å². The smallest absolute Gasteiger partial charge is 0.351 e. The largest absolute Gasteiger partial charge is 0.353 e. The molecule has 1 amide bonds. The number of nitrogens with zero attached hydrogens (tertiary/aromatic N) is 4. The number of fused-ring (bicyclic) bond motifs is 3. The summed E-state index contributed by atoms with van der Waals surface area (Å²) in [5.41, 5.74) is -0.0331. The fourth-order valence-corrected chi connectivity index (χ4v) is 3.88. The van der Waals surface area contributed by atoms with E-state index in [9.17, 15) is 14.4 Å². The SMILES string of the molecule is Cn1nc2n(CCC(=O)NC3CCCCC3)c(=O)c3ccccc3n2c1=O. The van der Waals surface area contributed by atoms with Crippen molar-refractivity contribution in [1.29, 1.82) is 0 Å². The van der Waals surface area contributed by atoms with Crippen molar-refractivity contribution in [1.82, 2.24) is 24.1 Å². The van der Waals surface area contributed by atoms with Crippen LogP contribution in [0.4, 0.5) is 0 Å². The highest BCUT2D eigenvalue weighted by molar-refractivity contribution is 5.80. The molecule has 0 aliphatic heterocycles. The molecule has 1 saturated carbocycles. The Hall–Kier alpha value is -2.90. The van der Waals surface area contributed by atoms with Crippen LogP contribution in [-0.4, -0.2) is 30.7 Å². The molecule has 3 aromatic rings. The van der Waals surface area contributed by atoms with E-state index in [-0.39, 0.29) is 41.9 Å². The zero-order valence-electron chi connectivity index (χ0n) is 15.4. The molecular formula is C19H23N5O3. The van der Waals surface area contributed by atoms with Crippen LogP contribution in [0.3, 0.4) is 0 Å². The highest BCUT2D eigenvalue weighted by atomic mass is 16.2. The Balaban J connectivity index is 1.67. The second-order valence-electron chi connectivity index (χ2n) is 7.17. The van der Waals surface area contributed by atoms with E-state index in [2.05, 4.69) is 10.4 Å². The average molecular weight is 369 g/mol. The topological polar surface area (TPSA) is 90.4 Å². The Morgan fingerprint density at radius 2 is 1.93 bits per heavy atom. The predicted molar refractivity (Wildman–Crippen MR) is 102 cm³/mol. The molecule has 1 aromatic carbocycles. The molecule has 2 aromatic heterocycles. The van der Waals surface area contributed by atoms with Crippen molar-refractivity contribution >= 4 is 22.6 Å². The summed E-state index contributed by atoms with van der Waals surface area (Å²) >= 11 is 0. The van der Waals surface area contributed by atoms with Gasteiger partial charge in [0.1, 0.15) is 0 Å². The number of amides is 1. The first-order valence-corrected chi connectivity index (χ1v) is 9.43. The van der Waals surface area contributed by atoms with E-state index < -0.39 is 0 Å². The van der Waals surface area contributed by atoms with Crippen LogP contribution in [0.5, 0.6) is 0 Å². The predicted octanol–water partition coefficient (Wildman–Crippen LogP) is 1.19. The van der Waals surface area contributed by atoms with E-state index in [1.165, 1.54) is 20.1 Å². The summed E-state index contributed by atoms with van der Waals surface area (Å²) in [7, 11) is 1.55. The van der Waals surface area contributed by atoms with Crippen molar-refractivity contribution in [2.24, 2.45) is 7.05 Å². The lowest BCUT2D eigenvalue weighted by Gasteiger charge is -2.22. The van der Waals surface area contributed by atoms with Gasteiger partial charge >= 0.3 is 5.69 Å². The summed E-state index contributed by atoms with van der Waals surface area (Å²) in [5, 5.41) is 7.72. The molecule has 1 aliphatic rings. The zero-order valence-corrected chi connectivity index (χ0v) is 15.4. The maximum absolute atomic E-state index is 12.9.